The first kappa shape index (κ1) is 16.4. The van der Waals surface area contributed by atoms with Gasteiger partial charge in [-0.15, -0.1) is 0 Å². The van der Waals surface area contributed by atoms with Gasteiger partial charge in [-0.1, -0.05) is 0 Å². The van der Waals surface area contributed by atoms with Crippen LogP contribution in [-0.2, 0) is 16.1 Å². The van der Waals surface area contributed by atoms with Crippen molar-refractivity contribution < 1.29 is 9.59 Å². The smallest absolute Gasteiger partial charge is 0.245 e. The topological polar surface area (TPSA) is 58.4 Å². The number of hydrogen-bond acceptors (Lipinski definition) is 4. The number of rotatable bonds is 4. The molecule has 2 fully saturated rings. The van der Waals surface area contributed by atoms with Crippen molar-refractivity contribution in [3.63, 3.8) is 0 Å². The number of aromatic nitrogens is 2. The van der Waals surface area contributed by atoms with E-state index in [0.717, 1.165) is 43.0 Å². The summed E-state index contributed by atoms with van der Waals surface area (Å²) in [4.78, 5) is 29.0. The molecule has 0 unspecified atom stereocenters. The fourth-order valence-electron chi connectivity index (χ4n) is 3.26. The summed E-state index contributed by atoms with van der Waals surface area (Å²) in [7, 11) is 0. The number of aryl methyl sites for hydroxylation is 2. The van der Waals surface area contributed by atoms with Gasteiger partial charge in [-0.25, -0.2) is 0 Å². The zero-order valence-electron chi connectivity index (χ0n) is 13.6. The van der Waals surface area contributed by atoms with Crippen molar-refractivity contribution >= 4 is 23.6 Å². The van der Waals surface area contributed by atoms with Crippen LogP contribution in [0.5, 0.6) is 0 Å². The Morgan fingerprint density at radius 2 is 2.09 bits per heavy atom. The van der Waals surface area contributed by atoms with Crippen LogP contribution in [-0.4, -0.2) is 68.6 Å². The summed E-state index contributed by atoms with van der Waals surface area (Å²) in [5, 5.41) is 4.21. The Morgan fingerprint density at radius 3 is 2.78 bits per heavy atom. The minimum absolute atomic E-state index is 0.0698. The van der Waals surface area contributed by atoms with Crippen molar-refractivity contribution in [1.29, 1.82) is 0 Å². The van der Waals surface area contributed by atoms with Gasteiger partial charge in [-0.05, 0) is 25.3 Å². The lowest BCUT2D eigenvalue weighted by molar-refractivity contribution is -0.143. The summed E-state index contributed by atoms with van der Waals surface area (Å²) in [6.07, 6.45) is 5.85. The molecular formula is C16H24N4O2S. The molecule has 1 aromatic heterocycles. The number of hydrogen-bond donors (Lipinski definition) is 0. The van der Waals surface area contributed by atoms with Gasteiger partial charge in [-0.3, -0.25) is 14.3 Å². The van der Waals surface area contributed by atoms with Gasteiger partial charge in [0, 0.05) is 50.3 Å². The van der Waals surface area contributed by atoms with Crippen LogP contribution in [0, 0.1) is 6.92 Å². The van der Waals surface area contributed by atoms with Gasteiger partial charge in [-0.2, -0.15) is 16.9 Å². The minimum Gasteiger partial charge on any atom is -0.339 e. The number of thioether (sulfide) groups is 1. The van der Waals surface area contributed by atoms with Crippen LogP contribution in [0.3, 0.4) is 0 Å². The van der Waals surface area contributed by atoms with Gasteiger partial charge >= 0.3 is 0 Å². The molecule has 0 saturated carbocycles. The Labute approximate surface area is 141 Å². The molecule has 2 amide bonds. The van der Waals surface area contributed by atoms with Crippen LogP contribution < -0.4 is 0 Å². The minimum atomic E-state index is -0.245. The fraction of sp³-hybridized carbons (Fsp3) is 0.688. The average molecular weight is 336 g/mol. The standard InChI is InChI=1S/C16H24N4O2S/c1-13-11-17-19(12-13)6-4-15(21)20-5-2-3-14(20)16(22)18-7-9-23-10-8-18/h11-12,14H,2-10H2,1H3/t14-/m1/s1. The highest BCUT2D eigenvalue weighted by atomic mass is 32.2. The summed E-state index contributed by atoms with van der Waals surface area (Å²) in [6, 6.07) is -0.245. The number of nitrogens with zero attached hydrogens (tertiary/aromatic N) is 4. The fourth-order valence-corrected chi connectivity index (χ4v) is 4.16. The number of likely N-dealkylation sites (tertiary alicyclic amines) is 1. The SMILES string of the molecule is Cc1cnn(CCC(=O)N2CCC[C@@H]2C(=O)N2CCSCC2)c1. The molecule has 6 nitrogen and oxygen atoms in total. The van der Waals surface area contributed by atoms with Gasteiger partial charge < -0.3 is 9.80 Å². The lowest BCUT2D eigenvalue weighted by atomic mass is 10.2. The molecule has 0 spiro atoms. The Balaban J connectivity index is 1.56. The number of carbonyl (C=O) groups excluding carboxylic acids is 2. The highest BCUT2D eigenvalue weighted by Gasteiger charge is 2.36. The first-order chi connectivity index (χ1) is 11.1. The van der Waals surface area contributed by atoms with E-state index < -0.39 is 0 Å². The maximum Gasteiger partial charge on any atom is 0.245 e. The van der Waals surface area contributed by atoms with Crippen molar-refractivity contribution in [3.05, 3.63) is 18.0 Å². The summed E-state index contributed by atoms with van der Waals surface area (Å²) in [6.45, 7) is 4.89. The van der Waals surface area contributed by atoms with E-state index in [1.165, 1.54) is 0 Å². The second-order valence-electron chi connectivity index (χ2n) is 6.21. The number of amides is 2. The van der Waals surface area contributed by atoms with Crippen LogP contribution in [0.15, 0.2) is 12.4 Å². The van der Waals surface area contributed by atoms with E-state index in [1.54, 1.807) is 15.8 Å². The first-order valence-electron chi connectivity index (χ1n) is 8.30. The van der Waals surface area contributed by atoms with Crippen LogP contribution in [0.4, 0.5) is 0 Å². The van der Waals surface area contributed by atoms with Crippen molar-refractivity contribution in [2.45, 2.75) is 38.8 Å². The molecule has 2 saturated heterocycles. The highest BCUT2D eigenvalue weighted by molar-refractivity contribution is 7.99. The van der Waals surface area contributed by atoms with E-state index in [1.807, 2.05) is 29.8 Å². The average Bonchev–Trinajstić information content (AvgIpc) is 3.21. The molecule has 0 aromatic carbocycles. The van der Waals surface area contributed by atoms with E-state index in [4.69, 9.17) is 0 Å². The molecule has 2 aliphatic heterocycles. The Morgan fingerprint density at radius 1 is 1.30 bits per heavy atom. The normalized spacial score (nSPS) is 21.7. The lowest BCUT2D eigenvalue weighted by Crippen LogP contribution is -2.50. The van der Waals surface area contributed by atoms with Crippen molar-refractivity contribution in [1.82, 2.24) is 19.6 Å². The predicted molar refractivity (Wildman–Crippen MR) is 90.2 cm³/mol. The van der Waals surface area contributed by atoms with E-state index in [-0.39, 0.29) is 17.9 Å². The first-order valence-corrected chi connectivity index (χ1v) is 9.45. The van der Waals surface area contributed by atoms with E-state index >= 15 is 0 Å². The predicted octanol–water partition coefficient (Wildman–Crippen LogP) is 1.15. The Hall–Kier alpha value is -1.50. The quantitative estimate of drug-likeness (QED) is 0.828. The van der Waals surface area contributed by atoms with Crippen molar-refractivity contribution in [2.24, 2.45) is 0 Å². The third kappa shape index (κ3) is 3.88. The van der Waals surface area contributed by atoms with Crippen molar-refractivity contribution in [2.75, 3.05) is 31.1 Å². The maximum atomic E-state index is 12.7. The van der Waals surface area contributed by atoms with E-state index in [9.17, 15) is 9.59 Å². The molecular weight excluding hydrogens is 312 g/mol. The Bertz CT molecular complexity index is 568. The zero-order chi connectivity index (χ0) is 16.2. The zero-order valence-corrected chi connectivity index (χ0v) is 14.4. The van der Waals surface area contributed by atoms with Gasteiger partial charge in [0.15, 0.2) is 0 Å². The summed E-state index contributed by atoms with van der Waals surface area (Å²) < 4.78 is 1.79. The Kier molecular flexibility index (Phi) is 5.25. The monoisotopic (exact) mass is 336 g/mol. The van der Waals surface area contributed by atoms with Crippen molar-refractivity contribution in [3.8, 4) is 0 Å². The molecule has 1 atom stereocenters. The van der Waals surface area contributed by atoms with Gasteiger partial charge in [0.05, 0.1) is 6.20 Å². The molecule has 2 aliphatic rings. The second-order valence-corrected chi connectivity index (χ2v) is 7.44. The molecule has 3 rings (SSSR count). The van der Waals surface area contributed by atoms with Crippen LogP contribution in [0.25, 0.3) is 0 Å². The summed E-state index contributed by atoms with van der Waals surface area (Å²) in [5.41, 5.74) is 1.09. The third-order valence-electron chi connectivity index (χ3n) is 4.50. The third-order valence-corrected chi connectivity index (χ3v) is 5.44. The van der Waals surface area contributed by atoms with Gasteiger partial charge in [0.25, 0.3) is 0 Å². The van der Waals surface area contributed by atoms with Crippen LogP contribution in [0.1, 0.15) is 24.8 Å². The maximum absolute atomic E-state index is 12.7. The summed E-state index contributed by atoms with van der Waals surface area (Å²) in [5.74, 6) is 2.22. The largest absolute Gasteiger partial charge is 0.339 e. The molecule has 0 radical (unpaired) electrons. The molecule has 126 valence electrons. The van der Waals surface area contributed by atoms with Crippen LogP contribution >= 0.6 is 11.8 Å². The number of carbonyl (C=O) groups is 2. The molecule has 7 heteroatoms. The molecule has 1 aromatic rings. The van der Waals surface area contributed by atoms with Gasteiger partial charge in [0.2, 0.25) is 11.8 Å². The molecule has 0 N–H and O–H groups in total. The molecule has 23 heavy (non-hydrogen) atoms. The molecule has 0 bridgehead atoms. The lowest BCUT2D eigenvalue weighted by Gasteiger charge is -2.32. The van der Waals surface area contributed by atoms with Gasteiger partial charge in [0.1, 0.15) is 6.04 Å². The molecule has 0 aliphatic carbocycles. The molecule has 3 heterocycles. The summed E-state index contributed by atoms with van der Waals surface area (Å²) >= 11 is 1.89. The van der Waals surface area contributed by atoms with E-state index in [2.05, 4.69) is 5.10 Å². The highest BCUT2D eigenvalue weighted by Crippen LogP contribution is 2.22. The van der Waals surface area contributed by atoms with E-state index in [0.29, 0.717) is 19.5 Å². The second kappa shape index (κ2) is 7.38. The van der Waals surface area contributed by atoms with Crippen LogP contribution in [0.2, 0.25) is 0 Å².